The zero-order chi connectivity index (χ0) is 13.8. The van der Waals surface area contributed by atoms with E-state index >= 15 is 0 Å². The van der Waals surface area contributed by atoms with Crippen LogP contribution in [0, 0.1) is 0 Å². The first kappa shape index (κ1) is 13.8. The SMILES string of the molecule is CCc1cnc(CNC(C)c2cc(O)cc(O)c2)s1. The lowest BCUT2D eigenvalue weighted by molar-refractivity contribution is 0.446. The summed E-state index contributed by atoms with van der Waals surface area (Å²) >= 11 is 1.70. The second kappa shape index (κ2) is 6.04. The molecular formula is C14H18N2O2S. The Bertz CT molecular complexity index is 534. The smallest absolute Gasteiger partial charge is 0.119 e. The van der Waals surface area contributed by atoms with Gasteiger partial charge in [-0.3, -0.25) is 0 Å². The Balaban J connectivity index is 1.98. The van der Waals surface area contributed by atoms with E-state index in [0.29, 0.717) is 6.54 Å². The van der Waals surface area contributed by atoms with Gasteiger partial charge in [0.15, 0.2) is 0 Å². The highest BCUT2D eigenvalue weighted by Crippen LogP contribution is 2.25. The quantitative estimate of drug-likeness (QED) is 0.786. The molecule has 0 aliphatic rings. The second-order valence-corrected chi connectivity index (χ2v) is 5.66. The van der Waals surface area contributed by atoms with E-state index in [-0.39, 0.29) is 17.5 Å². The maximum atomic E-state index is 9.47. The highest BCUT2D eigenvalue weighted by atomic mass is 32.1. The molecule has 4 nitrogen and oxygen atoms in total. The van der Waals surface area contributed by atoms with Crippen LogP contribution in [0.5, 0.6) is 11.5 Å². The first-order chi connectivity index (χ1) is 9.08. The number of rotatable bonds is 5. The van der Waals surface area contributed by atoms with Gasteiger partial charge in [0, 0.05) is 29.7 Å². The average molecular weight is 278 g/mol. The molecule has 1 heterocycles. The molecule has 0 amide bonds. The Kier molecular flexibility index (Phi) is 4.39. The number of benzene rings is 1. The first-order valence-electron chi connectivity index (χ1n) is 6.28. The van der Waals surface area contributed by atoms with E-state index in [1.807, 2.05) is 13.1 Å². The minimum Gasteiger partial charge on any atom is -0.508 e. The van der Waals surface area contributed by atoms with Gasteiger partial charge in [-0.15, -0.1) is 11.3 Å². The van der Waals surface area contributed by atoms with Gasteiger partial charge in [-0.05, 0) is 31.0 Å². The molecule has 3 N–H and O–H groups in total. The number of hydrogen-bond acceptors (Lipinski definition) is 5. The van der Waals surface area contributed by atoms with Crippen molar-refractivity contribution >= 4 is 11.3 Å². The molecular weight excluding hydrogens is 260 g/mol. The standard InChI is InChI=1S/C14H18N2O2S/c1-3-13-7-16-14(19-13)8-15-9(2)10-4-11(17)6-12(18)5-10/h4-7,9,15,17-18H,3,8H2,1-2H3. The summed E-state index contributed by atoms with van der Waals surface area (Å²) in [5, 5.41) is 23.3. The van der Waals surface area contributed by atoms with Crippen LogP contribution in [0.1, 0.15) is 35.3 Å². The predicted molar refractivity (Wildman–Crippen MR) is 76.5 cm³/mol. The number of phenols is 2. The number of hydrogen-bond donors (Lipinski definition) is 3. The molecule has 0 aliphatic carbocycles. The fraction of sp³-hybridized carbons (Fsp3) is 0.357. The van der Waals surface area contributed by atoms with E-state index in [4.69, 9.17) is 0 Å². The molecule has 19 heavy (non-hydrogen) atoms. The maximum absolute atomic E-state index is 9.47. The summed E-state index contributed by atoms with van der Waals surface area (Å²) < 4.78 is 0. The van der Waals surface area contributed by atoms with Crippen LogP contribution in [0.25, 0.3) is 0 Å². The van der Waals surface area contributed by atoms with E-state index < -0.39 is 0 Å². The van der Waals surface area contributed by atoms with Crippen LogP contribution in [0.2, 0.25) is 0 Å². The Morgan fingerprint density at radius 2 is 1.95 bits per heavy atom. The van der Waals surface area contributed by atoms with Crippen molar-refractivity contribution in [2.24, 2.45) is 0 Å². The lowest BCUT2D eigenvalue weighted by atomic mass is 10.1. The highest BCUT2D eigenvalue weighted by Gasteiger charge is 2.09. The van der Waals surface area contributed by atoms with Crippen molar-refractivity contribution in [3.05, 3.63) is 39.8 Å². The molecule has 1 aromatic heterocycles. The number of aromatic hydroxyl groups is 2. The molecule has 102 valence electrons. The van der Waals surface area contributed by atoms with Gasteiger partial charge in [0.05, 0.1) is 0 Å². The molecule has 0 saturated carbocycles. The molecule has 1 atom stereocenters. The van der Waals surface area contributed by atoms with Crippen LogP contribution in [-0.2, 0) is 13.0 Å². The van der Waals surface area contributed by atoms with Crippen molar-refractivity contribution in [1.82, 2.24) is 10.3 Å². The van der Waals surface area contributed by atoms with E-state index in [1.54, 1.807) is 23.5 Å². The predicted octanol–water partition coefficient (Wildman–Crippen LogP) is 2.97. The third-order valence-electron chi connectivity index (χ3n) is 2.93. The molecule has 2 aromatic rings. The van der Waals surface area contributed by atoms with Gasteiger partial charge >= 0.3 is 0 Å². The Labute approximate surface area is 116 Å². The summed E-state index contributed by atoms with van der Waals surface area (Å²) in [7, 11) is 0. The summed E-state index contributed by atoms with van der Waals surface area (Å²) in [5.41, 5.74) is 0.852. The Morgan fingerprint density at radius 3 is 2.53 bits per heavy atom. The molecule has 0 radical (unpaired) electrons. The van der Waals surface area contributed by atoms with E-state index in [9.17, 15) is 10.2 Å². The summed E-state index contributed by atoms with van der Waals surface area (Å²) in [6.07, 6.45) is 2.92. The van der Waals surface area contributed by atoms with Crippen LogP contribution in [0.3, 0.4) is 0 Å². The molecule has 1 aromatic carbocycles. The fourth-order valence-electron chi connectivity index (χ4n) is 1.82. The molecule has 0 spiro atoms. The van der Waals surface area contributed by atoms with Gasteiger partial charge in [0.2, 0.25) is 0 Å². The van der Waals surface area contributed by atoms with Crippen molar-refractivity contribution in [1.29, 1.82) is 0 Å². The lowest BCUT2D eigenvalue weighted by Gasteiger charge is -2.14. The van der Waals surface area contributed by atoms with Gasteiger partial charge in [-0.2, -0.15) is 0 Å². The number of nitrogens with zero attached hydrogens (tertiary/aromatic N) is 1. The monoisotopic (exact) mass is 278 g/mol. The lowest BCUT2D eigenvalue weighted by Crippen LogP contribution is -2.17. The van der Waals surface area contributed by atoms with Crippen molar-refractivity contribution < 1.29 is 10.2 Å². The Hall–Kier alpha value is -1.59. The van der Waals surface area contributed by atoms with E-state index in [2.05, 4.69) is 17.2 Å². The largest absolute Gasteiger partial charge is 0.508 e. The molecule has 5 heteroatoms. The van der Waals surface area contributed by atoms with Crippen molar-refractivity contribution in [2.45, 2.75) is 32.9 Å². The topological polar surface area (TPSA) is 65.4 Å². The van der Waals surface area contributed by atoms with Crippen molar-refractivity contribution in [2.75, 3.05) is 0 Å². The van der Waals surface area contributed by atoms with Crippen LogP contribution in [0.15, 0.2) is 24.4 Å². The number of thiazole rings is 1. The third kappa shape index (κ3) is 3.68. The highest BCUT2D eigenvalue weighted by molar-refractivity contribution is 7.11. The molecule has 2 rings (SSSR count). The van der Waals surface area contributed by atoms with Gasteiger partial charge < -0.3 is 15.5 Å². The zero-order valence-corrected chi connectivity index (χ0v) is 11.9. The van der Waals surface area contributed by atoms with Crippen molar-refractivity contribution in [3.63, 3.8) is 0 Å². The summed E-state index contributed by atoms with van der Waals surface area (Å²) in [6, 6.07) is 4.66. The van der Waals surface area contributed by atoms with Crippen LogP contribution < -0.4 is 5.32 Å². The molecule has 0 fully saturated rings. The summed E-state index contributed by atoms with van der Waals surface area (Å²) in [5.74, 6) is 0.150. The number of nitrogens with one attached hydrogen (secondary N) is 1. The number of phenolic OH excluding ortho intramolecular Hbond substituents is 2. The Morgan fingerprint density at radius 1 is 1.26 bits per heavy atom. The summed E-state index contributed by atoms with van der Waals surface area (Å²) in [6.45, 7) is 4.79. The molecule has 1 unspecified atom stereocenters. The minimum absolute atomic E-state index is 0.0342. The third-order valence-corrected chi connectivity index (χ3v) is 4.08. The van der Waals surface area contributed by atoms with Crippen LogP contribution >= 0.6 is 11.3 Å². The minimum atomic E-state index is 0.0342. The molecule has 0 saturated heterocycles. The van der Waals surface area contributed by atoms with E-state index in [0.717, 1.165) is 17.0 Å². The van der Waals surface area contributed by atoms with E-state index in [1.165, 1.54) is 10.9 Å². The second-order valence-electron chi connectivity index (χ2n) is 4.46. The maximum Gasteiger partial charge on any atom is 0.119 e. The van der Waals surface area contributed by atoms with Gasteiger partial charge in [-0.1, -0.05) is 6.92 Å². The number of aromatic nitrogens is 1. The van der Waals surface area contributed by atoms with Crippen LogP contribution in [0.4, 0.5) is 0 Å². The zero-order valence-electron chi connectivity index (χ0n) is 11.1. The van der Waals surface area contributed by atoms with Gasteiger partial charge in [0.25, 0.3) is 0 Å². The van der Waals surface area contributed by atoms with Crippen molar-refractivity contribution in [3.8, 4) is 11.5 Å². The average Bonchev–Trinajstić information content (AvgIpc) is 2.82. The molecule has 0 bridgehead atoms. The summed E-state index contributed by atoms with van der Waals surface area (Å²) in [4.78, 5) is 5.62. The first-order valence-corrected chi connectivity index (χ1v) is 7.10. The van der Waals surface area contributed by atoms with Crippen LogP contribution in [-0.4, -0.2) is 15.2 Å². The van der Waals surface area contributed by atoms with Gasteiger partial charge in [0.1, 0.15) is 16.5 Å². The molecule has 0 aliphatic heterocycles. The fourth-order valence-corrected chi connectivity index (χ4v) is 2.63. The van der Waals surface area contributed by atoms with Gasteiger partial charge in [-0.25, -0.2) is 4.98 Å². The normalized spacial score (nSPS) is 12.5. The number of aryl methyl sites for hydroxylation is 1.